The molecule has 0 saturated carbocycles. The monoisotopic (exact) mass is 365 g/mol. The molecule has 0 atom stereocenters. The molecule has 1 aliphatic rings. The number of piperazine rings is 1. The molecule has 1 fully saturated rings. The molecule has 4 nitrogen and oxygen atoms in total. The van der Waals surface area contributed by atoms with Crippen molar-refractivity contribution in [3.63, 3.8) is 0 Å². The molecular weight excluding hydrogens is 334 g/mol. The molecule has 0 aromatic heterocycles. The van der Waals surface area contributed by atoms with E-state index in [1.165, 1.54) is 16.7 Å². The number of carbonyl (C=O) groups is 1. The quantitative estimate of drug-likeness (QED) is 0.878. The maximum Gasteiger partial charge on any atom is 0.238 e. The number of nitrogens with zero attached hydrogens (tertiary/aromatic N) is 2. The molecule has 0 aliphatic carbocycles. The second-order valence-corrected chi connectivity index (χ2v) is 7.80. The fraction of sp³-hybridized carbons (Fsp3) is 0.435. The Bertz CT molecular complexity index is 784. The molecule has 1 N–H and O–H groups in total. The fourth-order valence-electron chi connectivity index (χ4n) is 3.89. The van der Waals surface area contributed by atoms with Crippen LogP contribution in [0.15, 0.2) is 36.4 Å². The lowest BCUT2D eigenvalue weighted by atomic mass is 10.1. The lowest BCUT2D eigenvalue weighted by Gasteiger charge is -2.34. The Morgan fingerprint density at radius 1 is 0.889 bits per heavy atom. The van der Waals surface area contributed by atoms with E-state index >= 15 is 0 Å². The molecule has 4 heteroatoms. The molecule has 1 saturated heterocycles. The Kier molecular flexibility index (Phi) is 6.30. The highest BCUT2D eigenvalue weighted by Gasteiger charge is 2.20. The van der Waals surface area contributed by atoms with E-state index in [2.05, 4.69) is 79.2 Å². The van der Waals surface area contributed by atoms with Gasteiger partial charge < -0.3 is 5.32 Å². The highest BCUT2D eigenvalue weighted by Crippen LogP contribution is 2.22. The van der Waals surface area contributed by atoms with Crippen molar-refractivity contribution in [2.75, 3.05) is 38.0 Å². The number of nitrogens with one attached hydrogen (secondary N) is 1. The second-order valence-electron chi connectivity index (χ2n) is 7.80. The van der Waals surface area contributed by atoms with Crippen LogP contribution in [0.3, 0.4) is 0 Å². The van der Waals surface area contributed by atoms with E-state index in [1.807, 2.05) is 0 Å². The van der Waals surface area contributed by atoms with Crippen LogP contribution in [0.5, 0.6) is 0 Å². The predicted molar refractivity (Wildman–Crippen MR) is 112 cm³/mol. The van der Waals surface area contributed by atoms with Gasteiger partial charge in [-0.2, -0.15) is 0 Å². The summed E-state index contributed by atoms with van der Waals surface area (Å²) in [6.45, 7) is 13.7. The maximum atomic E-state index is 12.5. The van der Waals surface area contributed by atoms with Crippen molar-refractivity contribution in [3.8, 4) is 0 Å². The molecule has 1 amide bonds. The largest absolute Gasteiger partial charge is 0.324 e. The summed E-state index contributed by atoms with van der Waals surface area (Å²) in [6, 6.07) is 12.8. The van der Waals surface area contributed by atoms with Crippen molar-refractivity contribution in [2.45, 2.75) is 34.2 Å². The Morgan fingerprint density at radius 2 is 1.48 bits per heavy atom. The normalized spacial score (nSPS) is 15.7. The first-order valence-electron chi connectivity index (χ1n) is 9.79. The van der Waals surface area contributed by atoms with Gasteiger partial charge in [-0.3, -0.25) is 14.6 Å². The van der Waals surface area contributed by atoms with Gasteiger partial charge in [0, 0.05) is 38.4 Å². The van der Waals surface area contributed by atoms with Crippen LogP contribution >= 0.6 is 0 Å². The zero-order valence-electron chi connectivity index (χ0n) is 17.0. The van der Waals surface area contributed by atoms with E-state index in [0.29, 0.717) is 6.54 Å². The van der Waals surface area contributed by atoms with E-state index in [9.17, 15) is 4.79 Å². The van der Waals surface area contributed by atoms with Crippen LogP contribution in [-0.2, 0) is 11.3 Å². The van der Waals surface area contributed by atoms with Gasteiger partial charge in [0.25, 0.3) is 0 Å². The van der Waals surface area contributed by atoms with Gasteiger partial charge in [-0.15, -0.1) is 0 Å². The van der Waals surface area contributed by atoms with Crippen molar-refractivity contribution in [2.24, 2.45) is 0 Å². The van der Waals surface area contributed by atoms with Crippen LogP contribution in [0.25, 0.3) is 0 Å². The summed E-state index contributed by atoms with van der Waals surface area (Å²) in [7, 11) is 0. The molecule has 2 aromatic rings. The molecule has 27 heavy (non-hydrogen) atoms. The second kappa shape index (κ2) is 8.68. The van der Waals surface area contributed by atoms with Crippen LogP contribution in [0.1, 0.15) is 27.8 Å². The van der Waals surface area contributed by atoms with Gasteiger partial charge in [0.1, 0.15) is 0 Å². The van der Waals surface area contributed by atoms with Crippen LogP contribution in [0.2, 0.25) is 0 Å². The van der Waals surface area contributed by atoms with Crippen molar-refractivity contribution in [3.05, 3.63) is 64.2 Å². The van der Waals surface area contributed by atoms with Crippen molar-refractivity contribution >= 4 is 11.6 Å². The molecule has 0 spiro atoms. The van der Waals surface area contributed by atoms with Crippen LogP contribution in [0.4, 0.5) is 5.69 Å². The minimum Gasteiger partial charge on any atom is -0.324 e. The van der Waals surface area contributed by atoms with Gasteiger partial charge in [-0.1, -0.05) is 42.0 Å². The van der Waals surface area contributed by atoms with Gasteiger partial charge in [0.15, 0.2) is 0 Å². The number of hydrogen-bond donors (Lipinski definition) is 1. The van der Waals surface area contributed by atoms with Crippen molar-refractivity contribution in [1.82, 2.24) is 9.80 Å². The number of hydrogen-bond acceptors (Lipinski definition) is 3. The Labute approximate surface area is 163 Å². The maximum absolute atomic E-state index is 12.5. The molecule has 144 valence electrons. The summed E-state index contributed by atoms with van der Waals surface area (Å²) >= 11 is 0. The Hall–Kier alpha value is -2.17. The topological polar surface area (TPSA) is 35.6 Å². The summed E-state index contributed by atoms with van der Waals surface area (Å²) in [6.07, 6.45) is 0. The lowest BCUT2D eigenvalue weighted by Crippen LogP contribution is -2.48. The molecule has 0 unspecified atom stereocenters. The van der Waals surface area contributed by atoms with E-state index in [4.69, 9.17) is 0 Å². The van der Waals surface area contributed by atoms with Gasteiger partial charge in [-0.25, -0.2) is 0 Å². The highest BCUT2D eigenvalue weighted by molar-refractivity contribution is 5.93. The van der Waals surface area contributed by atoms with E-state index in [-0.39, 0.29) is 5.91 Å². The summed E-state index contributed by atoms with van der Waals surface area (Å²) < 4.78 is 0. The smallest absolute Gasteiger partial charge is 0.238 e. The zero-order valence-corrected chi connectivity index (χ0v) is 17.0. The summed E-state index contributed by atoms with van der Waals surface area (Å²) in [5.41, 5.74) is 7.20. The standard InChI is InChI=1S/C23H31N3O/c1-17-13-19(3)23(20(4)14-17)24-22(27)16-26-11-9-25(10-12-26)15-21-8-6-5-7-18(21)2/h5-8,13-14H,9-12,15-16H2,1-4H3,(H,24,27). The van der Waals surface area contributed by atoms with Crippen molar-refractivity contribution in [1.29, 1.82) is 0 Å². The predicted octanol–water partition coefficient (Wildman–Crippen LogP) is 3.68. The number of amides is 1. The number of benzene rings is 2. The third-order valence-electron chi connectivity index (χ3n) is 5.43. The fourth-order valence-corrected chi connectivity index (χ4v) is 3.89. The van der Waals surface area contributed by atoms with Crippen LogP contribution < -0.4 is 5.32 Å². The van der Waals surface area contributed by atoms with E-state index in [1.54, 1.807) is 0 Å². The Morgan fingerprint density at radius 3 is 2.11 bits per heavy atom. The minimum atomic E-state index is 0.0809. The van der Waals surface area contributed by atoms with Crippen LogP contribution in [-0.4, -0.2) is 48.4 Å². The number of rotatable bonds is 5. The molecule has 3 rings (SSSR count). The lowest BCUT2D eigenvalue weighted by molar-refractivity contribution is -0.117. The van der Waals surface area contributed by atoms with Crippen molar-refractivity contribution < 1.29 is 4.79 Å². The van der Waals surface area contributed by atoms with Gasteiger partial charge >= 0.3 is 0 Å². The SMILES string of the molecule is Cc1cc(C)c(NC(=O)CN2CCN(Cc3ccccc3C)CC2)c(C)c1. The van der Waals surface area contributed by atoms with Gasteiger partial charge in [0.05, 0.1) is 6.54 Å². The van der Waals surface area contributed by atoms with E-state index in [0.717, 1.165) is 49.5 Å². The first kappa shape index (κ1) is 19.6. The summed E-state index contributed by atoms with van der Waals surface area (Å²) in [5.74, 6) is 0.0809. The molecule has 1 aliphatic heterocycles. The van der Waals surface area contributed by atoms with Gasteiger partial charge in [0.2, 0.25) is 5.91 Å². The third kappa shape index (κ3) is 5.18. The van der Waals surface area contributed by atoms with E-state index < -0.39 is 0 Å². The molecule has 0 bridgehead atoms. The summed E-state index contributed by atoms with van der Waals surface area (Å²) in [4.78, 5) is 17.3. The molecule has 0 radical (unpaired) electrons. The molecule has 1 heterocycles. The Balaban J connectivity index is 1.49. The molecular formula is C23H31N3O. The average Bonchev–Trinajstić information content (AvgIpc) is 2.62. The van der Waals surface area contributed by atoms with Crippen LogP contribution in [0, 0.1) is 27.7 Å². The third-order valence-corrected chi connectivity index (χ3v) is 5.43. The van der Waals surface area contributed by atoms with Gasteiger partial charge in [-0.05, 0) is 49.9 Å². The number of carbonyl (C=O) groups excluding carboxylic acids is 1. The number of anilines is 1. The molecule has 2 aromatic carbocycles. The highest BCUT2D eigenvalue weighted by atomic mass is 16.2. The number of aryl methyl sites for hydroxylation is 4. The summed E-state index contributed by atoms with van der Waals surface area (Å²) in [5, 5.41) is 3.12. The first-order valence-corrected chi connectivity index (χ1v) is 9.79. The minimum absolute atomic E-state index is 0.0809. The first-order chi connectivity index (χ1) is 12.9. The zero-order chi connectivity index (χ0) is 19.4. The average molecular weight is 366 g/mol.